The van der Waals surface area contributed by atoms with Crippen molar-refractivity contribution < 1.29 is 0 Å². The Hall–Kier alpha value is -0.870. The van der Waals surface area contributed by atoms with Crippen molar-refractivity contribution in [2.24, 2.45) is 0 Å². The number of hydrogen-bond acceptors (Lipinski definition) is 4. The molecule has 0 atom stereocenters. The quantitative estimate of drug-likeness (QED) is 0.736. The molecule has 1 aromatic heterocycles. The van der Waals surface area contributed by atoms with Crippen molar-refractivity contribution in [2.45, 2.75) is 56.8 Å². The van der Waals surface area contributed by atoms with E-state index in [0.717, 1.165) is 50.8 Å². The Bertz CT molecular complexity index is 575. The van der Waals surface area contributed by atoms with Crippen LogP contribution in [0, 0.1) is 0 Å². The van der Waals surface area contributed by atoms with Crippen LogP contribution < -0.4 is 4.90 Å². The third-order valence-corrected chi connectivity index (χ3v) is 6.39. The lowest BCUT2D eigenvalue weighted by Gasteiger charge is -2.36. The third-order valence-electron chi connectivity index (χ3n) is 6.12. The number of halogens is 1. The monoisotopic (exact) mass is 348 g/mol. The summed E-state index contributed by atoms with van der Waals surface area (Å²) in [6.07, 6.45) is 7.52. The molecule has 4 rings (SSSR count). The van der Waals surface area contributed by atoms with E-state index in [1.807, 2.05) is 0 Å². The SMILES string of the molecule is CC1(c2cc(N3CCN(CCCCl)CC3)nc(C3CCC3)n2)CC1. The molecular weight excluding hydrogens is 320 g/mol. The van der Waals surface area contributed by atoms with E-state index in [-0.39, 0.29) is 0 Å². The zero-order chi connectivity index (χ0) is 16.6. The average Bonchev–Trinajstić information content (AvgIpc) is 3.31. The van der Waals surface area contributed by atoms with Gasteiger partial charge in [0, 0.05) is 49.5 Å². The van der Waals surface area contributed by atoms with Crippen LogP contribution in [-0.2, 0) is 5.41 Å². The summed E-state index contributed by atoms with van der Waals surface area (Å²) in [5.74, 6) is 3.66. The molecule has 132 valence electrons. The average molecular weight is 349 g/mol. The van der Waals surface area contributed by atoms with Crippen molar-refractivity contribution in [1.29, 1.82) is 0 Å². The number of aromatic nitrogens is 2. The number of alkyl halides is 1. The molecule has 0 unspecified atom stereocenters. The lowest BCUT2D eigenvalue weighted by Crippen LogP contribution is -2.47. The van der Waals surface area contributed by atoms with Gasteiger partial charge >= 0.3 is 0 Å². The van der Waals surface area contributed by atoms with Crippen LogP contribution in [0.3, 0.4) is 0 Å². The fraction of sp³-hybridized carbons (Fsp3) is 0.789. The summed E-state index contributed by atoms with van der Waals surface area (Å²) >= 11 is 5.82. The number of piperazine rings is 1. The lowest BCUT2D eigenvalue weighted by atomic mass is 9.84. The zero-order valence-electron chi connectivity index (χ0n) is 14.8. The molecule has 1 aromatic rings. The van der Waals surface area contributed by atoms with Crippen LogP contribution >= 0.6 is 11.6 Å². The van der Waals surface area contributed by atoms with Crippen molar-refractivity contribution >= 4 is 17.4 Å². The van der Waals surface area contributed by atoms with Crippen LogP contribution in [0.4, 0.5) is 5.82 Å². The van der Waals surface area contributed by atoms with Gasteiger partial charge in [0.05, 0.1) is 5.69 Å². The van der Waals surface area contributed by atoms with E-state index >= 15 is 0 Å². The van der Waals surface area contributed by atoms with Crippen LogP contribution in [0.25, 0.3) is 0 Å². The van der Waals surface area contributed by atoms with Gasteiger partial charge in [-0.1, -0.05) is 13.3 Å². The van der Waals surface area contributed by atoms with E-state index < -0.39 is 0 Å². The summed E-state index contributed by atoms with van der Waals surface area (Å²) in [6, 6.07) is 2.28. The van der Waals surface area contributed by atoms with Gasteiger partial charge in [-0.25, -0.2) is 9.97 Å². The molecule has 0 N–H and O–H groups in total. The maximum absolute atomic E-state index is 5.82. The highest BCUT2D eigenvalue weighted by atomic mass is 35.5. The van der Waals surface area contributed by atoms with E-state index in [1.54, 1.807) is 0 Å². The Labute approximate surface area is 150 Å². The molecule has 0 amide bonds. The van der Waals surface area contributed by atoms with Gasteiger partial charge in [0.25, 0.3) is 0 Å². The first-order chi connectivity index (χ1) is 11.7. The largest absolute Gasteiger partial charge is 0.354 e. The standard InChI is InChI=1S/C19H29ClN4/c1-19(6-7-19)16-14-17(22-18(21-16)15-4-2-5-15)24-12-10-23(11-13-24)9-3-8-20/h14-15H,2-13H2,1H3. The molecule has 0 spiro atoms. The highest BCUT2D eigenvalue weighted by Gasteiger charge is 2.41. The summed E-state index contributed by atoms with van der Waals surface area (Å²) in [7, 11) is 0. The Morgan fingerprint density at radius 1 is 1.17 bits per heavy atom. The molecule has 1 saturated heterocycles. The zero-order valence-corrected chi connectivity index (χ0v) is 15.6. The van der Waals surface area contributed by atoms with E-state index in [1.165, 1.54) is 43.6 Å². The molecule has 3 aliphatic rings. The molecule has 5 heteroatoms. The van der Waals surface area contributed by atoms with Crippen LogP contribution in [-0.4, -0.2) is 53.5 Å². The highest BCUT2D eigenvalue weighted by Crippen LogP contribution is 2.48. The Morgan fingerprint density at radius 3 is 2.50 bits per heavy atom. The molecule has 1 aliphatic heterocycles. The molecule has 0 radical (unpaired) electrons. The van der Waals surface area contributed by atoms with Crippen LogP contribution in [0.2, 0.25) is 0 Å². The molecule has 2 aliphatic carbocycles. The maximum atomic E-state index is 5.82. The van der Waals surface area contributed by atoms with E-state index in [4.69, 9.17) is 21.6 Å². The summed E-state index contributed by atoms with van der Waals surface area (Å²) in [5, 5.41) is 0. The van der Waals surface area contributed by atoms with Gasteiger partial charge in [0.15, 0.2) is 0 Å². The first kappa shape index (κ1) is 16.6. The van der Waals surface area contributed by atoms with Crippen molar-refractivity contribution in [3.8, 4) is 0 Å². The first-order valence-electron chi connectivity index (χ1n) is 9.61. The predicted molar refractivity (Wildman–Crippen MR) is 99.2 cm³/mol. The van der Waals surface area contributed by atoms with Gasteiger partial charge < -0.3 is 4.90 Å². The Kier molecular flexibility index (Phi) is 4.70. The molecule has 24 heavy (non-hydrogen) atoms. The molecular formula is C19H29ClN4. The molecule has 4 nitrogen and oxygen atoms in total. The summed E-state index contributed by atoms with van der Waals surface area (Å²) < 4.78 is 0. The molecule has 2 saturated carbocycles. The van der Waals surface area contributed by atoms with Crippen molar-refractivity contribution in [2.75, 3.05) is 43.5 Å². The number of nitrogens with zero attached hydrogens (tertiary/aromatic N) is 4. The topological polar surface area (TPSA) is 32.3 Å². The lowest BCUT2D eigenvalue weighted by molar-refractivity contribution is 0.258. The second-order valence-electron chi connectivity index (χ2n) is 8.03. The van der Waals surface area contributed by atoms with Crippen molar-refractivity contribution in [3.63, 3.8) is 0 Å². The molecule has 3 fully saturated rings. The third kappa shape index (κ3) is 3.41. The van der Waals surface area contributed by atoms with Crippen molar-refractivity contribution in [1.82, 2.24) is 14.9 Å². The van der Waals surface area contributed by atoms with Gasteiger partial charge in [-0.2, -0.15) is 0 Å². The number of rotatable bonds is 6. The van der Waals surface area contributed by atoms with Crippen LogP contribution in [0.15, 0.2) is 6.07 Å². The van der Waals surface area contributed by atoms with Gasteiger partial charge in [0.1, 0.15) is 11.6 Å². The normalized spacial score (nSPS) is 24.0. The molecule has 0 bridgehead atoms. The minimum Gasteiger partial charge on any atom is -0.354 e. The fourth-order valence-electron chi connectivity index (χ4n) is 3.70. The maximum Gasteiger partial charge on any atom is 0.134 e. The van der Waals surface area contributed by atoms with Crippen molar-refractivity contribution in [3.05, 3.63) is 17.6 Å². The second-order valence-corrected chi connectivity index (χ2v) is 8.41. The van der Waals surface area contributed by atoms with Crippen LogP contribution in [0.5, 0.6) is 0 Å². The Balaban J connectivity index is 1.50. The molecule has 0 aromatic carbocycles. The van der Waals surface area contributed by atoms with E-state index in [9.17, 15) is 0 Å². The Morgan fingerprint density at radius 2 is 1.92 bits per heavy atom. The highest BCUT2D eigenvalue weighted by molar-refractivity contribution is 6.17. The van der Waals surface area contributed by atoms with Gasteiger partial charge in [-0.05, 0) is 38.6 Å². The van der Waals surface area contributed by atoms with Gasteiger partial charge in [-0.3, -0.25) is 4.90 Å². The number of hydrogen-bond donors (Lipinski definition) is 0. The minimum atomic E-state index is 0.318. The molecule has 2 heterocycles. The summed E-state index contributed by atoms with van der Waals surface area (Å²) in [5.41, 5.74) is 1.61. The summed E-state index contributed by atoms with van der Waals surface area (Å²) in [6.45, 7) is 7.85. The van der Waals surface area contributed by atoms with Gasteiger partial charge in [-0.15, -0.1) is 11.6 Å². The number of anilines is 1. The smallest absolute Gasteiger partial charge is 0.134 e. The van der Waals surface area contributed by atoms with Gasteiger partial charge in [0.2, 0.25) is 0 Å². The van der Waals surface area contributed by atoms with E-state index in [0.29, 0.717) is 11.3 Å². The first-order valence-corrected chi connectivity index (χ1v) is 10.1. The van der Waals surface area contributed by atoms with E-state index in [2.05, 4.69) is 22.8 Å². The minimum absolute atomic E-state index is 0.318. The fourth-order valence-corrected chi connectivity index (χ4v) is 3.82. The summed E-state index contributed by atoms with van der Waals surface area (Å²) in [4.78, 5) is 15.0. The predicted octanol–water partition coefficient (Wildman–Crippen LogP) is 3.55. The van der Waals surface area contributed by atoms with Crippen LogP contribution in [0.1, 0.15) is 62.9 Å². The second kappa shape index (κ2) is 6.80.